The summed E-state index contributed by atoms with van der Waals surface area (Å²) in [6.45, 7) is 4.88. The molecule has 5 rings (SSSR count). The molecular formula is C23H28N4O6S. The summed E-state index contributed by atoms with van der Waals surface area (Å²) in [6, 6.07) is 5.22. The third-order valence-electron chi connectivity index (χ3n) is 6.61. The van der Waals surface area contributed by atoms with Gasteiger partial charge in [0.1, 0.15) is 6.10 Å². The molecule has 10 nitrogen and oxygen atoms in total. The molecule has 0 radical (unpaired) electrons. The summed E-state index contributed by atoms with van der Waals surface area (Å²) < 4.78 is 35.9. The first-order valence-corrected chi connectivity index (χ1v) is 13.3. The van der Waals surface area contributed by atoms with Crippen LogP contribution in [-0.2, 0) is 24.1 Å². The molecule has 34 heavy (non-hydrogen) atoms. The molecular weight excluding hydrogens is 460 g/mol. The minimum Gasteiger partial charge on any atom is -0.446 e. The number of carbonyl (C=O) groups excluding carboxylic acids is 2. The maximum atomic E-state index is 13.2. The quantitative estimate of drug-likeness (QED) is 0.652. The van der Waals surface area contributed by atoms with E-state index in [9.17, 15) is 18.0 Å². The number of carbonyl (C=O) groups is 2. The molecule has 0 spiro atoms. The Bertz CT molecular complexity index is 1210. The summed E-state index contributed by atoms with van der Waals surface area (Å²) in [6.07, 6.45) is 4.21. The van der Waals surface area contributed by atoms with Gasteiger partial charge in [0.25, 0.3) is 0 Å². The van der Waals surface area contributed by atoms with Crippen molar-refractivity contribution in [3.8, 4) is 11.1 Å². The van der Waals surface area contributed by atoms with Gasteiger partial charge in [-0.15, -0.1) is 0 Å². The van der Waals surface area contributed by atoms with Gasteiger partial charge in [0.2, 0.25) is 5.91 Å². The van der Waals surface area contributed by atoms with Crippen LogP contribution in [0, 0.1) is 0 Å². The lowest BCUT2D eigenvalue weighted by Gasteiger charge is -2.41. The average Bonchev–Trinajstić information content (AvgIpc) is 3.27. The molecule has 2 fully saturated rings. The predicted octanol–water partition coefficient (Wildman–Crippen LogP) is 2.40. The zero-order valence-corrected chi connectivity index (χ0v) is 20.0. The van der Waals surface area contributed by atoms with Gasteiger partial charge in [-0.1, -0.05) is 6.07 Å². The van der Waals surface area contributed by atoms with Gasteiger partial charge in [0, 0.05) is 38.1 Å². The Morgan fingerprint density at radius 1 is 1.12 bits per heavy atom. The highest BCUT2D eigenvalue weighted by molar-refractivity contribution is 7.92. The lowest BCUT2D eigenvalue weighted by molar-refractivity contribution is -0.117. The fraction of sp³-hybridized carbons (Fsp3) is 0.522. The third kappa shape index (κ3) is 4.29. The molecule has 1 atom stereocenters. The number of fused-ring (bicyclic) bond motifs is 1. The molecule has 182 valence electrons. The second-order valence-corrected chi connectivity index (χ2v) is 11.3. The van der Waals surface area contributed by atoms with Crippen molar-refractivity contribution in [3.63, 3.8) is 0 Å². The number of benzene rings is 1. The van der Waals surface area contributed by atoms with Gasteiger partial charge in [-0.05, 0) is 24.6 Å². The van der Waals surface area contributed by atoms with E-state index in [1.54, 1.807) is 20.7 Å². The van der Waals surface area contributed by atoms with Crippen LogP contribution in [0.1, 0.15) is 32.7 Å². The number of anilines is 2. The van der Waals surface area contributed by atoms with Crippen LogP contribution in [0.15, 0.2) is 30.6 Å². The fourth-order valence-corrected chi connectivity index (χ4v) is 6.21. The summed E-state index contributed by atoms with van der Waals surface area (Å²) in [4.78, 5) is 28.9. The molecule has 1 aromatic carbocycles. The first-order chi connectivity index (χ1) is 16.2. The number of aromatic nitrogens is 2. The van der Waals surface area contributed by atoms with Gasteiger partial charge in [-0.2, -0.15) is 5.10 Å². The number of amides is 2. The van der Waals surface area contributed by atoms with Crippen molar-refractivity contribution in [2.75, 3.05) is 41.1 Å². The molecule has 1 aromatic heterocycles. The van der Waals surface area contributed by atoms with Crippen LogP contribution >= 0.6 is 0 Å². The number of sulfone groups is 1. The van der Waals surface area contributed by atoms with Gasteiger partial charge < -0.3 is 14.4 Å². The molecule has 2 amide bonds. The highest BCUT2D eigenvalue weighted by Gasteiger charge is 2.37. The van der Waals surface area contributed by atoms with Crippen LogP contribution in [0.5, 0.6) is 0 Å². The number of ether oxygens (including phenoxy) is 2. The van der Waals surface area contributed by atoms with Crippen molar-refractivity contribution in [1.29, 1.82) is 0 Å². The van der Waals surface area contributed by atoms with E-state index in [-0.39, 0.29) is 35.6 Å². The molecule has 3 aliphatic rings. The molecule has 0 saturated carbocycles. The summed E-state index contributed by atoms with van der Waals surface area (Å²) in [5.41, 5.74) is 2.87. The summed E-state index contributed by atoms with van der Waals surface area (Å²) in [5, 5.41) is 4.35. The molecule has 11 heteroatoms. The first kappa shape index (κ1) is 22.9. The van der Waals surface area contributed by atoms with Crippen molar-refractivity contribution in [3.05, 3.63) is 30.6 Å². The van der Waals surface area contributed by atoms with Crippen LogP contribution in [-0.4, -0.2) is 73.6 Å². The van der Waals surface area contributed by atoms with Crippen molar-refractivity contribution in [2.24, 2.45) is 0 Å². The first-order valence-electron chi connectivity index (χ1n) is 11.5. The topological polar surface area (TPSA) is 111 Å². The Morgan fingerprint density at radius 2 is 1.85 bits per heavy atom. The number of nitrogens with zero attached hydrogens (tertiary/aromatic N) is 4. The molecule has 0 N–H and O–H groups in total. The monoisotopic (exact) mass is 488 g/mol. The van der Waals surface area contributed by atoms with E-state index in [2.05, 4.69) is 5.10 Å². The minimum absolute atomic E-state index is 0.0929. The van der Waals surface area contributed by atoms with Gasteiger partial charge >= 0.3 is 6.09 Å². The van der Waals surface area contributed by atoms with Crippen molar-refractivity contribution in [1.82, 2.24) is 9.78 Å². The fourth-order valence-electron chi connectivity index (χ4n) is 4.83. The number of rotatable bonds is 3. The molecule has 2 aromatic rings. The largest absolute Gasteiger partial charge is 0.446 e. The van der Waals surface area contributed by atoms with Crippen molar-refractivity contribution >= 4 is 33.2 Å². The van der Waals surface area contributed by atoms with Crippen LogP contribution in [0.25, 0.3) is 11.1 Å². The lowest BCUT2D eigenvalue weighted by atomic mass is 10.0. The molecule has 2 saturated heterocycles. The Labute approximate surface area is 198 Å². The van der Waals surface area contributed by atoms with E-state index in [4.69, 9.17) is 9.47 Å². The summed E-state index contributed by atoms with van der Waals surface area (Å²) >= 11 is 0. The number of hydrogen-bond donors (Lipinski definition) is 0. The van der Waals surface area contributed by atoms with Gasteiger partial charge in [-0.25, -0.2) is 13.2 Å². The maximum Gasteiger partial charge on any atom is 0.414 e. The number of hydrogen-bond acceptors (Lipinski definition) is 7. The smallest absolute Gasteiger partial charge is 0.414 e. The Kier molecular flexibility index (Phi) is 5.85. The summed E-state index contributed by atoms with van der Waals surface area (Å²) in [7, 11) is -2.96. The summed E-state index contributed by atoms with van der Waals surface area (Å²) in [5.74, 6) is 0.0866. The standard InChI is InChI=1S/C23H28N4O6S/c1-15-11-25(23(29)33-20-5-7-32-8-6-20)22-9-17(3-4-21(22)27(15)16(2)28)18-10-24-26(12-18)19-13-34(30,31)14-19/h3-4,9-10,12,15,19-20H,5-8,11,13-14H2,1-2H3/t15-/m0/s1. The van der Waals surface area contributed by atoms with Gasteiger partial charge in [0.05, 0.1) is 54.4 Å². The second-order valence-electron chi connectivity index (χ2n) is 9.19. The molecule has 0 unspecified atom stereocenters. The maximum absolute atomic E-state index is 13.2. The average molecular weight is 489 g/mol. The Morgan fingerprint density at radius 3 is 2.53 bits per heavy atom. The minimum atomic E-state index is -2.96. The van der Waals surface area contributed by atoms with Crippen molar-refractivity contribution < 1.29 is 27.5 Å². The highest BCUT2D eigenvalue weighted by Crippen LogP contribution is 2.39. The van der Waals surface area contributed by atoms with E-state index in [1.807, 2.05) is 31.3 Å². The molecule has 0 bridgehead atoms. The Balaban J connectivity index is 1.46. The highest BCUT2D eigenvalue weighted by atomic mass is 32.2. The lowest BCUT2D eigenvalue weighted by Crippen LogP contribution is -2.52. The van der Waals surface area contributed by atoms with Crippen LogP contribution in [0.4, 0.5) is 16.2 Å². The normalized spacial score (nSPS) is 22.7. The van der Waals surface area contributed by atoms with E-state index in [0.717, 1.165) is 11.1 Å². The SMILES string of the molecule is CC(=O)N1c2ccc(-c3cnn(C4CS(=O)(=O)C4)c3)cc2N(C(=O)OC2CCOCC2)C[C@@H]1C. The van der Waals surface area contributed by atoms with Crippen LogP contribution in [0.2, 0.25) is 0 Å². The third-order valence-corrected chi connectivity index (χ3v) is 8.40. The molecule has 4 heterocycles. The van der Waals surface area contributed by atoms with E-state index >= 15 is 0 Å². The van der Waals surface area contributed by atoms with Crippen LogP contribution < -0.4 is 9.80 Å². The van der Waals surface area contributed by atoms with Crippen LogP contribution in [0.3, 0.4) is 0 Å². The van der Waals surface area contributed by atoms with E-state index in [1.165, 1.54) is 6.92 Å². The molecule has 0 aliphatic carbocycles. The Hall–Kier alpha value is -2.92. The zero-order chi connectivity index (χ0) is 24.0. The van der Waals surface area contributed by atoms with E-state index < -0.39 is 15.9 Å². The second kappa shape index (κ2) is 8.70. The molecule has 3 aliphatic heterocycles. The van der Waals surface area contributed by atoms with Crippen molar-refractivity contribution in [2.45, 2.75) is 44.9 Å². The van der Waals surface area contributed by atoms with Gasteiger partial charge in [0.15, 0.2) is 9.84 Å². The van der Waals surface area contributed by atoms with E-state index in [0.29, 0.717) is 44.0 Å². The zero-order valence-electron chi connectivity index (χ0n) is 19.2. The predicted molar refractivity (Wildman–Crippen MR) is 126 cm³/mol. The van der Waals surface area contributed by atoms with Gasteiger partial charge in [-0.3, -0.25) is 14.4 Å².